The number of carbonyl (C=O) groups excluding carboxylic acids is 1. The minimum Gasteiger partial charge on any atom is -0.496 e. The number of fused-ring (bicyclic) bond motifs is 1. The van der Waals surface area contributed by atoms with Crippen molar-refractivity contribution in [3.8, 4) is 5.75 Å². The second-order valence-electron chi connectivity index (χ2n) is 9.86. The van der Waals surface area contributed by atoms with Crippen LogP contribution in [0, 0.1) is 19.8 Å². The summed E-state index contributed by atoms with van der Waals surface area (Å²) in [5.74, 6) is 0.601. The van der Waals surface area contributed by atoms with Gasteiger partial charge in [0.15, 0.2) is 5.78 Å². The van der Waals surface area contributed by atoms with Gasteiger partial charge in [-0.15, -0.1) is 0 Å². The molecule has 8 nitrogen and oxygen atoms in total. The molecule has 1 aromatic carbocycles. The normalized spacial score (nSPS) is 17.9. The van der Waals surface area contributed by atoms with E-state index in [0.717, 1.165) is 29.4 Å². The van der Waals surface area contributed by atoms with Crippen LogP contribution in [0.5, 0.6) is 5.75 Å². The Morgan fingerprint density at radius 1 is 1.25 bits per heavy atom. The molecule has 2 aromatic heterocycles. The third-order valence-corrected chi connectivity index (χ3v) is 8.74. The molecule has 36 heavy (non-hydrogen) atoms. The highest BCUT2D eigenvalue weighted by molar-refractivity contribution is 7.88. The zero-order valence-corrected chi connectivity index (χ0v) is 22.4. The van der Waals surface area contributed by atoms with E-state index in [1.807, 2.05) is 31.2 Å². The molecule has 2 atom stereocenters. The lowest BCUT2D eigenvalue weighted by Crippen LogP contribution is -2.41. The summed E-state index contributed by atoms with van der Waals surface area (Å²) >= 11 is 0. The summed E-state index contributed by atoms with van der Waals surface area (Å²) in [7, 11) is -1.73. The summed E-state index contributed by atoms with van der Waals surface area (Å²) in [6.07, 6.45) is 3.47. The van der Waals surface area contributed by atoms with Crippen molar-refractivity contribution >= 4 is 26.7 Å². The van der Waals surface area contributed by atoms with Crippen LogP contribution in [0.1, 0.15) is 59.5 Å². The maximum absolute atomic E-state index is 13.6. The molecule has 0 radical (unpaired) electrons. The van der Waals surface area contributed by atoms with Gasteiger partial charge in [0.1, 0.15) is 5.75 Å². The number of benzene rings is 1. The molecule has 1 fully saturated rings. The quantitative estimate of drug-likeness (QED) is 0.459. The van der Waals surface area contributed by atoms with Gasteiger partial charge in [0, 0.05) is 53.4 Å². The molecule has 9 heteroatoms. The fourth-order valence-corrected chi connectivity index (χ4v) is 6.54. The van der Waals surface area contributed by atoms with Gasteiger partial charge in [0.2, 0.25) is 10.0 Å². The van der Waals surface area contributed by atoms with Gasteiger partial charge in [-0.25, -0.2) is 12.7 Å². The number of ketones is 1. The number of Topliss-reactive ketones (excluding diaryl/α,β-unsaturated/α-hetero) is 1. The Morgan fingerprint density at radius 2 is 1.97 bits per heavy atom. The van der Waals surface area contributed by atoms with Crippen molar-refractivity contribution < 1.29 is 17.9 Å². The molecule has 1 N–H and O–H groups in total. The number of sulfonamides is 1. The molecule has 1 aliphatic rings. The topological polar surface area (TPSA) is 101 Å². The molecule has 3 heterocycles. The van der Waals surface area contributed by atoms with E-state index in [1.54, 1.807) is 17.3 Å². The lowest BCUT2D eigenvalue weighted by molar-refractivity contribution is 0.0983. The maximum Gasteiger partial charge on any atom is 0.255 e. The maximum atomic E-state index is 13.6. The Morgan fingerprint density at radius 3 is 2.67 bits per heavy atom. The third kappa shape index (κ3) is 4.99. The van der Waals surface area contributed by atoms with Crippen molar-refractivity contribution in [2.75, 3.05) is 26.5 Å². The second-order valence-corrected chi connectivity index (χ2v) is 11.8. The number of methoxy groups -OCH3 is 1. The predicted octanol–water partition coefficient (Wildman–Crippen LogP) is 4.00. The van der Waals surface area contributed by atoms with E-state index in [9.17, 15) is 18.0 Å². The number of ether oxygens (including phenoxy) is 1. The first-order chi connectivity index (χ1) is 17.0. The number of piperidine rings is 1. The molecule has 1 saturated heterocycles. The summed E-state index contributed by atoms with van der Waals surface area (Å²) in [6, 6.07) is 9.64. The average molecular weight is 514 g/mol. The van der Waals surface area contributed by atoms with Crippen LogP contribution in [0.3, 0.4) is 0 Å². The van der Waals surface area contributed by atoms with E-state index in [2.05, 4.69) is 16.5 Å². The molecule has 194 valence electrons. The standard InChI is InChI=1S/C27H35N3O5S/c1-17-15-25(35-4)22(27(32)28-17)12-13-24(31)26-19(3)30(23-11-7-6-10-21(23)26)18(2)20-9-8-14-29(16-20)36(5,33)34/h6-7,10-11,15,18,20H,8-9,12-14,16H2,1-5H3,(H,28,32). The Labute approximate surface area is 212 Å². The zero-order valence-electron chi connectivity index (χ0n) is 21.6. The van der Waals surface area contributed by atoms with Crippen LogP contribution in [0.4, 0.5) is 0 Å². The van der Waals surface area contributed by atoms with Crippen LogP contribution in [0.25, 0.3) is 10.9 Å². The molecular weight excluding hydrogens is 478 g/mol. The monoisotopic (exact) mass is 513 g/mol. The fraction of sp³-hybridized carbons (Fsp3) is 0.481. The molecule has 0 bridgehead atoms. The highest BCUT2D eigenvalue weighted by Crippen LogP contribution is 2.36. The molecule has 4 rings (SSSR count). The summed E-state index contributed by atoms with van der Waals surface area (Å²) < 4.78 is 33.5. The fourth-order valence-electron chi connectivity index (χ4n) is 5.62. The smallest absolute Gasteiger partial charge is 0.255 e. The number of hydrogen-bond donors (Lipinski definition) is 1. The highest BCUT2D eigenvalue weighted by Gasteiger charge is 2.32. The molecule has 0 aliphatic carbocycles. The molecule has 0 spiro atoms. The molecule has 0 saturated carbocycles. The van der Waals surface area contributed by atoms with Crippen molar-refractivity contribution in [2.24, 2.45) is 5.92 Å². The molecule has 3 aromatic rings. The summed E-state index contributed by atoms with van der Waals surface area (Å²) in [4.78, 5) is 28.9. The lowest BCUT2D eigenvalue weighted by Gasteiger charge is -2.35. The van der Waals surface area contributed by atoms with Gasteiger partial charge in [-0.05, 0) is 58.1 Å². The molecule has 2 unspecified atom stereocenters. The second kappa shape index (κ2) is 10.2. The number of rotatable bonds is 8. The van der Waals surface area contributed by atoms with E-state index >= 15 is 0 Å². The minimum atomic E-state index is -3.25. The highest BCUT2D eigenvalue weighted by atomic mass is 32.2. The van der Waals surface area contributed by atoms with E-state index < -0.39 is 10.0 Å². The summed E-state index contributed by atoms with van der Waals surface area (Å²) in [6.45, 7) is 6.89. The predicted molar refractivity (Wildman–Crippen MR) is 142 cm³/mol. The van der Waals surface area contributed by atoms with E-state index in [1.165, 1.54) is 13.4 Å². The van der Waals surface area contributed by atoms with Gasteiger partial charge in [-0.2, -0.15) is 0 Å². The SMILES string of the molecule is COc1cc(C)[nH]c(=O)c1CCC(=O)c1c(C)n(C(C)C2CCCN(S(C)(=O)=O)C2)c2ccccc12. The first-order valence-corrected chi connectivity index (χ1v) is 14.2. The summed E-state index contributed by atoms with van der Waals surface area (Å²) in [5, 5.41) is 0.882. The van der Waals surface area contributed by atoms with Gasteiger partial charge >= 0.3 is 0 Å². The van der Waals surface area contributed by atoms with Crippen LogP contribution in [-0.4, -0.2) is 54.5 Å². The van der Waals surface area contributed by atoms with Crippen LogP contribution in [-0.2, 0) is 16.4 Å². The van der Waals surface area contributed by atoms with Gasteiger partial charge in [-0.1, -0.05) is 18.2 Å². The number of H-pyrrole nitrogens is 1. The number of nitrogens with zero attached hydrogens (tertiary/aromatic N) is 2. The van der Waals surface area contributed by atoms with Crippen LogP contribution in [0.15, 0.2) is 35.1 Å². The first-order valence-electron chi connectivity index (χ1n) is 12.4. The van der Waals surface area contributed by atoms with Gasteiger partial charge < -0.3 is 14.3 Å². The molecule has 1 aliphatic heterocycles. The Hall–Kier alpha value is -2.91. The number of para-hydroxylation sites is 1. The number of aromatic amines is 1. The average Bonchev–Trinajstić information content (AvgIpc) is 3.13. The van der Waals surface area contributed by atoms with Crippen molar-refractivity contribution in [2.45, 2.75) is 52.5 Å². The van der Waals surface area contributed by atoms with Crippen molar-refractivity contribution in [3.63, 3.8) is 0 Å². The van der Waals surface area contributed by atoms with Crippen LogP contribution in [0.2, 0.25) is 0 Å². The lowest BCUT2D eigenvalue weighted by atomic mass is 9.92. The zero-order chi connectivity index (χ0) is 26.2. The third-order valence-electron chi connectivity index (χ3n) is 7.47. The Kier molecular flexibility index (Phi) is 7.43. The van der Waals surface area contributed by atoms with E-state index in [4.69, 9.17) is 4.74 Å². The Bertz CT molecular complexity index is 1450. The van der Waals surface area contributed by atoms with Crippen molar-refractivity contribution in [1.82, 2.24) is 13.9 Å². The number of aromatic nitrogens is 2. The van der Waals surface area contributed by atoms with Crippen LogP contribution < -0.4 is 10.3 Å². The Balaban J connectivity index is 1.67. The first kappa shape index (κ1) is 26.2. The minimum absolute atomic E-state index is 0.0148. The van der Waals surface area contributed by atoms with E-state index in [-0.39, 0.29) is 36.1 Å². The number of pyridine rings is 1. The summed E-state index contributed by atoms with van der Waals surface area (Å²) in [5.41, 5.74) is 3.44. The van der Waals surface area contributed by atoms with Gasteiger partial charge in [0.25, 0.3) is 5.56 Å². The van der Waals surface area contributed by atoms with Gasteiger partial charge in [-0.3, -0.25) is 9.59 Å². The van der Waals surface area contributed by atoms with Crippen molar-refractivity contribution in [1.29, 1.82) is 0 Å². The van der Waals surface area contributed by atoms with Crippen LogP contribution >= 0.6 is 0 Å². The van der Waals surface area contributed by atoms with E-state index in [0.29, 0.717) is 35.7 Å². The van der Waals surface area contributed by atoms with Gasteiger partial charge in [0.05, 0.1) is 18.9 Å². The number of hydrogen-bond acceptors (Lipinski definition) is 5. The number of aryl methyl sites for hydroxylation is 1. The van der Waals surface area contributed by atoms with Crippen molar-refractivity contribution in [3.05, 3.63) is 63.2 Å². The largest absolute Gasteiger partial charge is 0.496 e. The molecular formula is C27H35N3O5S. The molecule has 0 amide bonds. The number of nitrogens with one attached hydrogen (secondary N) is 1. The number of carbonyl (C=O) groups is 1.